The fourth-order valence-corrected chi connectivity index (χ4v) is 4.54. The number of hydrogen-bond acceptors (Lipinski definition) is 6. The molecule has 5 heterocycles. The van der Waals surface area contributed by atoms with Crippen molar-refractivity contribution >= 4 is 17.2 Å². The Kier molecular flexibility index (Phi) is 4.62. The van der Waals surface area contributed by atoms with Crippen molar-refractivity contribution in [2.24, 2.45) is 0 Å². The molecule has 0 amide bonds. The third-order valence-electron chi connectivity index (χ3n) is 6.15. The van der Waals surface area contributed by atoms with Crippen LogP contribution in [0.4, 0.5) is 10.3 Å². The maximum absolute atomic E-state index is 14.5. The van der Waals surface area contributed by atoms with Crippen LogP contribution in [0, 0.1) is 19.3 Å². The van der Waals surface area contributed by atoms with Gasteiger partial charge in [-0.25, -0.2) is 20.9 Å². The van der Waals surface area contributed by atoms with Crippen LogP contribution in [0.2, 0.25) is 0 Å². The molecule has 0 fully saturated rings. The molecule has 168 valence electrons. The Balaban J connectivity index is 1.40. The zero-order valence-corrected chi connectivity index (χ0v) is 18.3. The summed E-state index contributed by atoms with van der Waals surface area (Å²) in [6.45, 7) is 10.3. The molecule has 1 aliphatic heterocycles. The number of hydrogen-bond donors (Lipinski definition) is 1. The largest absolute Gasteiger partial charge is 0.493 e. The number of nitrogens with one attached hydrogen (secondary N) is 1. The van der Waals surface area contributed by atoms with E-state index in [0.29, 0.717) is 30.2 Å². The minimum atomic E-state index is -0.273. The molecular formula is C24H19FN8O. The van der Waals surface area contributed by atoms with Gasteiger partial charge in [-0.3, -0.25) is 8.80 Å². The summed E-state index contributed by atoms with van der Waals surface area (Å²) in [5.41, 5.74) is 6.20. The second-order valence-corrected chi connectivity index (χ2v) is 8.09. The van der Waals surface area contributed by atoms with Crippen molar-refractivity contribution in [3.05, 3.63) is 82.7 Å². The highest BCUT2D eigenvalue weighted by Crippen LogP contribution is 2.32. The summed E-state index contributed by atoms with van der Waals surface area (Å²) in [6, 6.07) is 7.06. The molecule has 0 bridgehead atoms. The van der Waals surface area contributed by atoms with E-state index in [9.17, 15) is 4.39 Å². The van der Waals surface area contributed by atoms with E-state index in [1.165, 1.54) is 6.07 Å². The maximum atomic E-state index is 14.5. The Morgan fingerprint density at radius 3 is 2.94 bits per heavy atom. The molecule has 10 heteroatoms. The molecule has 34 heavy (non-hydrogen) atoms. The van der Waals surface area contributed by atoms with Crippen LogP contribution >= 0.6 is 0 Å². The van der Waals surface area contributed by atoms with E-state index in [1.807, 2.05) is 23.5 Å². The lowest BCUT2D eigenvalue weighted by Crippen LogP contribution is -2.10. The second-order valence-electron chi connectivity index (χ2n) is 8.09. The number of benzene rings is 1. The molecule has 0 aliphatic carbocycles. The van der Waals surface area contributed by atoms with Gasteiger partial charge in [-0.15, -0.1) is 10.2 Å². The first-order chi connectivity index (χ1) is 16.7. The standard InChI is InChI=1S/C24H19FN8O/c1-14-3-4-17(22-27-10-15(9-26-2)33(14)22)19-12-29-24(32-13-30-31-23(19)32)28-11-18-16-7-8-34-21(16)6-5-20(18)25/h3-6,10,12-13H,7-9,11H2,1H3,(H,28,29). The summed E-state index contributed by atoms with van der Waals surface area (Å²) >= 11 is 0. The Morgan fingerprint density at radius 2 is 2.06 bits per heavy atom. The predicted molar refractivity (Wildman–Crippen MR) is 123 cm³/mol. The molecule has 0 saturated carbocycles. The normalized spacial score (nSPS) is 12.6. The van der Waals surface area contributed by atoms with Crippen molar-refractivity contribution in [3.63, 3.8) is 0 Å². The molecule has 0 radical (unpaired) electrons. The van der Waals surface area contributed by atoms with Gasteiger partial charge < -0.3 is 14.9 Å². The van der Waals surface area contributed by atoms with E-state index < -0.39 is 0 Å². The first kappa shape index (κ1) is 20.1. The summed E-state index contributed by atoms with van der Waals surface area (Å²) < 4.78 is 23.8. The van der Waals surface area contributed by atoms with Crippen LogP contribution in [0.1, 0.15) is 22.5 Å². The first-order valence-electron chi connectivity index (χ1n) is 10.8. The van der Waals surface area contributed by atoms with Crippen LogP contribution in [-0.2, 0) is 19.5 Å². The van der Waals surface area contributed by atoms with E-state index in [-0.39, 0.29) is 18.9 Å². The van der Waals surface area contributed by atoms with E-state index in [0.717, 1.165) is 39.5 Å². The molecular weight excluding hydrogens is 435 g/mol. The van der Waals surface area contributed by atoms with Crippen molar-refractivity contribution in [1.29, 1.82) is 0 Å². The van der Waals surface area contributed by atoms with E-state index in [2.05, 4.69) is 30.3 Å². The lowest BCUT2D eigenvalue weighted by Gasteiger charge is -2.13. The lowest BCUT2D eigenvalue weighted by molar-refractivity contribution is 0.356. The number of halogens is 1. The van der Waals surface area contributed by atoms with Crippen LogP contribution < -0.4 is 10.1 Å². The Bertz CT molecular complexity index is 1610. The molecule has 6 rings (SSSR count). The highest BCUT2D eigenvalue weighted by Gasteiger charge is 2.21. The highest BCUT2D eigenvalue weighted by molar-refractivity contribution is 5.86. The molecule has 9 nitrogen and oxygen atoms in total. The number of anilines is 1. The predicted octanol–water partition coefficient (Wildman–Crippen LogP) is 3.85. The van der Waals surface area contributed by atoms with Crippen LogP contribution in [0.25, 0.3) is 27.3 Å². The van der Waals surface area contributed by atoms with Gasteiger partial charge in [0.1, 0.15) is 29.2 Å². The van der Waals surface area contributed by atoms with Gasteiger partial charge in [-0.05, 0) is 31.2 Å². The molecule has 5 aromatic rings. The Morgan fingerprint density at radius 1 is 1.15 bits per heavy atom. The van der Waals surface area contributed by atoms with Crippen molar-refractivity contribution in [2.45, 2.75) is 26.4 Å². The number of imidazole rings is 1. The summed E-state index contributed by atoms with van der Waals surface area (Å²) in [5.74, 6) is 0.960. The number of pyridine rings is 1. The average Bonchev–Trinajstić information content (AvgIpc) is 3.59. The molecule has 0 saturated heterocycles. The van der Waals surface area contributed by atoms with Gasteiger partial charge in [0.2, 0.25) is 5.95 Å². The smallest absolute Gasteiger partial charge is 0.256 e. The number of aromatic nitrogens is 6. The molecule has 0 unspecified atom stereocenters. The number of nitrogens with zero attached hydrogens (tertiary/aromatic N) is 7. The molecule has 1 N–H and O–H groups in total. The monoisotopic (exact) mass is 454 g/mol. The van der Waals surface area contributed by atoms with Gasteiger partial charge in [0.05, 0.1) is 12.8 Å². The van der Waals surface area contributed by atoms with Gasteiger partial charge in [-0.1, -0.05) is 0 Å². The second kappa shape index (κ2) is 7.81. The topological polar surface area (TPSA) is 86.0 Å². The van der Waals surface area contributed by atoms with Gasteiger partial charge in [0.15, 0.2) is 5.65 Å². The minimum absolute atomic E-state index is 0.248. The Labute approximate surface area is 193 Å². The third-order valence-corrected chi connectivity index (χ3v) is 6.15. The van der Waals surface area contributed by atoms with Crippen LogP contribution in [0.3, 0.4) is 0 Å². The maximum Gasteiger partial charge on any atom is 0.256 e. The summed E-state index contributed by atoms with van der Waals surface area (Å²) in [6.07, 6.45) is 5.70. The Hall–Kier alpha value is -4.52. The fraction of sp³-hybridized carbons (Fsp3) is 0.208. The molecule has 1 aliphatic rings. The van der Waals surface area contributed by atoms with Gasteiger partial charge in [-0.2, -0.15) is 0 Å². The average molecular weight is 454 g/mol. The quantitative estimate of drug-likeness (QED) is 0.406. The molecule has 1 aromatic carbocycles. The zero-order valence-electron chi connectivity index (χ0n) is 18.3. The van der Waals surface area contributed by atoms with E-state index in [1.54, 1.807) is 29.2 Å². The minimum Gasteiger partial charge on any atom is -0.493 e. The van der Waals surface area contributed by atoms with E-state index >= 15 is 0 Å². The van der Waals surface area contributed by atoms with E-state index in [4.69, 9.17) is 11.3 Å². The molecule has 4 aromatic heterocycles. The van der Waals surface area contributed by atoms with Gasteiger partial charge in [0.25, 0.3) is 6.54 Å². The summed E-state index contributed by atoms with van der Waals surface area (Å²) in [4.78, 5) is 12.7. The van der Waals surface area contributed by atoms with Crippen LogP contribution in [0.5, 0.6) is 5.75 Å². The van der Waals surface area contributed by atoms with Crippen LogP contribution in [-0.4, -0.2) is 35.6 Å². The van der Waals surface area contributed by atoms with Gasteiger partial charge in [0, 0.05) is 47.1 Å². The van der Waals surface area contributed by atoms with Crippen molar-refractivity contribution in [3.8, 4) is 16.9 Å². The number of aryl methyl sites for hydroxylation is 1. The number of ether oxygens (including phenoxy) is 1. The zero-order chi connectivity index (χ0) is 23.2. The van der Waals surface area contributed by atoms with Crippen LogP contribution in [0.15, 0.2) is 43.0 Å². The van der Waals surface area contributed by atoms with Crippen molar-refractivity contribution < 1.29 is 9.13 Å². The fourth-order valence-electron chi connectivity index (χ4n) is 4.54. The molecule has 0 atom stereocenters. The summed E-state index contributed by atoms with van der Waals surface area (Å²) in [5, 5.41) is 11.6. The van der Waals surface area contributed by atoms with Crippen molar-refractivity contribution in [1.82, 2.24) is 29.0 Å². The molecule has 0 spiro atoms. The number of rotatable bonds is 5. The van der Waals surface area contributed by atoms with Crippen molar-refractivity contribution in [2.75, 3.05) is 11.9 Å². The summed E-state index contributed by atoms with van der Waals surface area (Å²) in [7, 11) is 0. The lowest BCUT2D eigenvalue weighted by atomic mass is 10.0. The first-order valence-corrected chi connectivity index (χ1v) is 10.8. The highest BCUT2D eigenvalue weighted by atomic mass is 19.1. The SMILES string of the molecule is [C-]#[N+]Cc1cnc2c(-c3cnc(NCc4c(F)ccc5c4CCO5)n4cnnc34)ccc(C)n12. The third kappa shape index (κ3) is 3.05. The van der Waals surface area contributed by atoms with Gasteiger partial charge >= 0.3 is 0 Å². The number of fused-ring (bicyclic) bond motifs is 3.